The molecule has 0 fully saturated rings. The normalized spacial score (nSPS) is 10.3. The molecule has 4 nitrogen and oxygen atoms in total. The van der Waals surface area contributed by atoms with E-state index in [1.165, 1.54) is 18.2 Å². The van der Waals surface area contributed by atoms with Crippen molar-refractivity contribution in [3.8, 4) is 11.6 Å². The second-order valence-corrected chi connectivity index (χ2v) is 5.02. The first-order valence-electron chi connectivity index (χ1n) is 5.31. The van der Waals surface area contributed by atoms with Crippen molar-refractivity contribution in [1.29, 1.82) is 0 Å². The Hall–Kier alpha value is -1.59. The fourth-order valence-electron chi connectivity index (χ4n) is 1.45. The van der Waals surface area contributed by atoms with Crippen LogP contribution in [0.15, 0.2) is 34.9 Å². The van der Waals surface area contributed by atoms with Crippen molar-refractivity contribution < 1.29 is 14.6 Å². The Morgan fingerprint density at radius 3 is 2.84 bits per heavy atom. The van der Waals surface area contributed by atoms with Gasteiger partial charge in [-0.15, -0.1) is 0 Å². The van der Waals surface area contributed by atoms with E-state index in [2.05, 4.69) is 20.9 Å². The minimum absolute atomic E-state index is 0.0274. The van der Waals surface area contributed by atoms with Gasteiger partial charge < -0.3 is 9.84 Å². The second-order valence-electron chi connectivity index (χ2n) is 3.79. The highest BCUT2D eigenvalue weighted by Gasteiger charge is 2.15. The molecule has 0 amide bonds. The first kappa shape index (κ1) is 13.8. The molecule has 0 aliphatic heterocycles. The standard InChI is InChI=1S/C13H9BrClNO3/c1-7-4-5-16-12(11(7)14)19-10-6-8(15)2-3-9(10)13(17)18/h2-6H,1H3,(H,17,18). The topological polar surface area (TPSA) is 59.4 Å². The van der Waals surface area contributed by atoms with Crippen molar-refractivity contribution in [2.45, 2.75) is 6.92 Å². The highest BCUT2D eigenvalue weighted by Crippen LogP contribution is 2.32. The largest absolute Gasteiger partial charge is 0.478 e. The Balaban J connectivity index is 2.45. The summed E-state index contributed by atoms with van der Waals surface area (Å²) >= 11 is 9.20. The van der Waals surface area contributed by atoms with Gasteiger partial charge in [0.1, 0.15) is 11.3 Å². The Morgan fingerprint density at radius 1 is 1.42 bits per heavy atom. The number of hydrogen-bond donors (Lipinski definition) is 1. The summed E-state index contributed by atoms with van der Waals surface area (Å²) in [5, 5.41) is 9.50. The molecule has 2 rings (SSSR count). The van der Waals surface area contributed by atoms with Gasteiger partial charge in [-0.2, -0.15) is 0 Å². The first-order chi connectivity index (χ1) is 8.99. The monoisotopic (exact) mass is 341 g/mol. The number of carboxylic acid groups (broad SMARTS) is 1. The zero-order valence-electron chi connectivity index (χ0n) is 9.85. The van der Waals surface area contributed by atoms with Gasteiger partial charge in [-0.1, -0.05) is 11.6 Å². The minimum atomic E-state index is -1.09. The molecule has 1 aromatic carbocycles. The number of ether oxygens (including phenoxy) is 1. The summed E-state index contributed by atoms with van der Waals surface area (Å²) in [7, 11) is 0. The van der Waals surface area contributed by atoms with E-state index in [1.807, 2.05) is 13.0 Å². The number of nitrogens with zero attached hydrogens (tertiary/aromatic N) is 1. The molecule has 2 aromatic rings. The van der Waals surface area contributed by atoms with Crippen LogP contribution < -0.4 is 4.74 Å². The molecule has 0 spiro atoms. The smallest absolute Gasteiger partial charge is 0.339 e. The summed E-state index contributed by atoms with van der Waals surface area (Å²) in [6.07, 6.45) is 1.58. The van der Waals surface area contributed by atoms with Crippen molar-refractivity contribution >= 4 is 33.5 Å². The van der Waals surface area contributed by atoms with E-state index in [9.17, 15) is 4.79 Å². The van der Waals surface area contributed by atoms with Crippen molar-refractivity contribution in [2.24, 2.45) is 0 Å². The molecule has 0 aliphatic rings. The number of pyridine rings is 1. The van der Waals surface area contributed by atoms with Crippen LogP contribution in [0, 0.1) is 6.92 Å². The maximum absolute atomic E-state index is 11.1. The van der Waals surface area contributed by atoms with E-state index in [0.29, 0.717) is 15.4 Å². The number of aromatic carboxylic acids is 1. The third kappa shape index (κ3) is 3.05. The van der Waals surface area contributed by atoms with Crippen LogP contribution in [0.2, 0.25) is 5.02 Å². The Bertz CT molecular complexity index is 646. The van der Waals surface area contributed by atoms with Crippen LogP contribution in [-0.2, 0) is 0 Å². The molecular weight excluding hydrogens is 334 g/mol. The van der Waals surface area contributed by atoms with E-state index in [1.54, 1.807) is 6.20 Å². The number of carbonyl (C=O) groups is 1. The third-order valence-corrected chi connectivity index (χ3v) is 3.63. The van der Waals surface area contributed by atoms with Crippen LogP contribution in [0.25, 0.3) is 0 Å². The average molecular weight is 343 g/mol. The Kier molecular flexibility index (Phi) is 4.07. The molecule has 6 heteroatoms. The molecule has 98 valence electrons. The van der Waals surface area contributed by atoms with Crippen LogP contribution in [0.3, 0.4) is 0 Å². The van der Waals surface area contributed by atoms with Crippen LogP contribution >= 0.6 is 27.5 Å². The predicted molar refractivity (Wildman–Crippen MR) is 75.2 cm³/mol. The Labute approximate surface area is 123 Å². The number of carboxylic acids is 1. The molecule has 1 aromatic heterocycles. The lowest BCUT2D eigenvalue weighted by atomic mass is 10.2. The van der Waals surface area contributed by atoms with Crippen molar-refractivity contribution in [3.05, 3.63) is 51.1 Å². The van der Waals surface area contributed by atoms with Gasteiger partial charge in [-0.25, -0.2) is 9.78 Å². The summed E-state index contributed by atoms with van der Waals surface area (Å²) in [5.41, 5.74) is 0.962. The molecule has 0 saturated carbocycles. The number of hydrogen-bond acceptors (Lipinski definition) is 3. The number of rotatable bonds is 3. The fraction of sp³-hybridized carbons (Fsp3) is 0.0769. The number of benzene rings is 1. The van der Waals surface area contributed by atoms with Gasteiger partial charge in [0.2, 0.25) is 5.88 Å². The molecule has 0 saturated heterocycles. The molecule has 1 heterocycles. The lowest BCUT2D eigenvalue weighted by molar-refractivity contribution is 0.0694. The molecule has 1 N–H and O–H groups in total. The fourth-order valence-corrected chi connectivity index (χ4v) is 1.93. The maximum atomic E-state index is 11.1. The zero-order chi connectivity index (χ0) is 14.0. The third-order valence-electron chi connectivity index (χ3n) is 2.43. The van der Waals surface area contributed by atoms with Crippen LogP contribution in [0.5, 0.6) is 11.6 Å². The van der Waals surface area contributed by atoms with Gasteiger partial charge >= 0.3 is 5.97 Å². The average Bonchev–Trinajstić information content (AvgIpc) is 2.35. The van der Waals surface area contributed by atoms with Gasteiger partial charge in [0, 0.05) is 17.3 Å². The SMILES string of the molecule is Cc1ccnc(Oc2cc(Cl)ccc2C(=O)O)c1Br. The second kappa shape index (κ2) is 5.59. The van der Waals surface area contributed by atoms with E-state index < -0.39 is 5.97 Å². The highest BCUT2D eigenvalue weighted by atomic mass is 79.9. The molecule has 0 unspecified atom stereocenters. The predicted octanol–water partition coefficient (Wildman–Crippen LogP) is 4.30. The molecule has 0 bridgehead atoms. The van der Waals surface area contributed by atoms with Crippen molar-refractivity contribution in [3.63, 3.8) is 0 Å². The minimum Gasteiger partial charge on any atom is -0.478 e. The van der Waals surface area contributed by atoms with Crippen molar-refractivity contribution in [2.75, 3.05) is 0 Å². The van der Waals surface area contributed by atoms with Crippen molar-refractivity contribution in [1.82, 2.24) is 4.98 Å². The van der Waals surface area contributed by atoms with Gasteiger partial charge in [-0.3, -0.25) is 0 Å². The lowest BCUT2D eigenvalue weighted by Crippen LogP contribution is -2.01. The first-order valence-corrected chi connectivity index (χ1v) is 6.48. The lowest BCUT2D eigenvalue weighted by Gasteiger charge is -2.10. The van der Waals surface area contributed by atoms with E-state index >= 15 is 0 Å². The molecular formula is C13H9BrClNO3. The van der Waals surface area contributed by atoms with Crippen LogP contribution in [-0.4, -0.2) is 16.1 Å². The van der Waals surface area contributed by atoms with E-state index in [4.69, 9.17) is 21.4 Å². The highest BCUT2D eigenvalue weighted by molar-refractivity contribution is 9.10. The van der Waals surface area contributed by atoms with Gasteiger partial charge in [0.15, 0.2) is 0 Å². The summed E-state index contributed by atoms with van der Waals surface area (Å²) < 4.78 is 6.21. The number of aromatic nitrogens is 1. The quantitative estimate of drug-likeness (QED) is 0.903. The Morgan fingerprint density at radius 2 is 2.16 bits per heavy atom. The number of aryl methyl sites for hydroxylation is 1. The molecule has 0 aliphatic carbocycles. The van der Waals surface area contributed by atoms with E-state index in [-0.39, 0.29) is 11.3 Å². The summed E-state index contributed by atoms with van der Waals surface area (Å²) in [5.74, 6) is -0.640. The molecule has 0 atom stereocenters. The maximum Gasteiger partial charge on any atom is 0.339 e. The van der Waals surface area contributed by atoms with E-state index in [0.717, 1.165) is 5.56 Å². The summed E-state index contributed by atoms with van der Waals surface area (Å²) in [4.78, 5) is 15.2. The summed E-state index contributed by atoms with van der Waals surface area (Å²) in [6, 6.07) is 6.15. The van der Waals surface area contributed by atoms with Crippen LogP contribution in [0.4, 0.5) is 0 Å². The molecule has 0 radical (unpaired) electrons. The van der Waals surface area contributed by atoms with Crippen LogP contribution in [0.1, 0.15) is 15.9 Å². The van der Waals surface area contributed by atoms with Gasteiger partial charge in [-0.05, 0) is 46.6 Å². The van der Waals surface area contributed by atoms with Gasteiger partial charge in [0.25, 0.3) is 0 Å². The number of halogens is 2. The molecule has 19 heavy (non-hydrogen) atoms. The van der Waals surface area contributed by atoms with Gasteiger partial charge in [0.05, 0.1) is 4.47 Å². The zero-order valence-corrected chi connectivity index (χ0v) is 12.2. The summed E-state index contributed by atoms with van der Waals surface area (Å²) in [6.45, 7) is 1.88.